The van der Waals surface area contributed by atoms with Crippen molar-refractivity contribution < 1.29 is 9.13 Å². The Labute approximate surface area is 106 Å². The van der Waals surface area contributed by atoms with Crippen molar-refractivity contribution in [3.63, 3.8) is 0 Å². The number of methoxy groups -OCH3 is 1. The number of halogens is 2. The maximum Gasteiger partial charge on any atom is 0.119 e. The highest BCUT2D eigenvalue weighted by atomic mass is 35.5. The van der Waals surface area contributed by atoms with E-state index >= 15 is 0 Å². The molecule has 0 fully saturated rings. The zero-order chi connectivity index (χ0) is 11.5. The molecule has 0 unspecified atom stereocenters. The van der Waals surface area contributed by atoms with E-state index < -0.39 is 12.7 Å². The first-order valence-corrected chi connectivity index (χ1v) is 5.14. The Morgan fingerprint density at radius 2 is 1.82 bits per heavy atom. The molecular weight excluding hydrogens is 241 g/mol. The maximum absolute atomic E-state index is 12.4. The molecule has 0 saturated carbocycles. The van der Waals surface area contributed by atoms with Gasteiger partial charge in [-0.15, -0.1) is 12.4 Å². The average molecular weight is 256 g/mol. The van der Waals surface area contributed by atoms with E-state index in [1.54, 1.807) is 7.11 Å². The molecule has 2 aromatic rings. The summed E-state index contributed by atoms with van der Waals surface area (Å²) < 4.78 is 17.6. The highest BCUT2D eigenvalue weighted by molar-refractivity contribution is 5.85. The normalized spacial score (nSPS) is 11.9. The Morgan fingerprint density at radius 3 is 2.47 bits per heavy atom. The van der Waals surface area contributed by atoms with Gasteiger partial charge in [-0.05, 0) is 34.5 Å². The largest absolute Gasteiger partial charge is 0.497 e. The molecule has 17 heavy (non-hydrogen) atoms. The Balaban J connectivity index is 0.00000144. The molecule has 0 aromatic heterocycles. The van der Waals surface area contributed by atoms with Gasteiger partial charge in [-0.1, -0.05) is 18.2 Å². The summed E-state index contributed by atoms with van der Waals surface area (Å²) in [6.45, 7) is -0.540. The summed E-state index contributed by atoms with van der Waals surface area (Å²) in [5.41, 5.74) is 6.46. The number of alkyl halides is 1. The van der Waals surface area contributed by atoms with Crippen LogP contribution in [0.15, 0.2) is 36.4 Å². The smallest absolute Gasteiger partial charge is 0.119 e. The molecule has 0 aliphatic carbocycles. The van der Waals surface area contributed by atoms with Crippen LogP contribution in [-0.4, -0.2) is 13.8 Å². The summed E-state index contributed by atoms with van der Waals surface area (Å²) in [5, 5.41) is 2.11. The zero-order valence-electron chi connectivity index (χ0n) is 9.52. The molecule has 0 spiro atoms. The predicted octanol–water partition coefficient (Wildman–Crippen LogP) is 3.24. The standard InChI is InChI=1S/C13H14FNO.ClH/c1-16-12-5-4-9-6-11(13(15)8-14)3-2-10(9)7-12;/h2-7,13H,8,15H2,1H3;1H/t13-;/m0./s1. The first-order chi connectivity index (χ1) is 7.74. The Bertz CT molecular complexity index is 504. The second kappa shape index (κ2) is 5.84. The molecule has 2 aromatic carbocycles. The molecule has 92 valence electrons. The Morgan fingerprint density at radius 1 is 1.18 bits per heavy atom. The number of rotatable bonds is 3. The van der Waals surface area contributed by atoms with Crippen molar-refractivity contribution in [2.45, 2.75) is 6.04 Å². The highest BCUT2D eigenvalue weighted by Gasteiger charge is 2.06. The topological polar surface area (TPSA) is 35.2 Å². The summed E-state index contributed by atoms with van der Waals surface area (Å²) in [7, 11) is 1.63. The van der Waals surface area contributed by atoms with Gasteiger partial charge in [-0.2, -0.15) is 0 Å². The number of ether oxygens (including phenoxy) is 1. The third kappa shape index (κ3) is 2.87. The minimum absolute atomic E-state index is 0. The van der Waals surface area contributed by atoms with Crippen molar-refractivity contribution in [2.24, 2.45) is 5.73 Å². The lowest BCUT2D eigenvalue weighted by atomic mass is 10.0. The first kappa shape index (κ1) is 13.7. The molecule has 0 heterocycles. The van der Waals surface area contributed by atoms with Gasteiger partial charge in [0.1, 0.15) is 12.4 Å². The van der Waals surface area contributed by atoms with Gasteiger partial charge >= 0.3 is 0 Å². The number of fused-ring (bicyclic) bond motifs is 1. The number of hydrogen-bond donors (Lipinski definition) is 1. The van der Waals surface area contributed by atoms with Crippen molar-refractivity contribution in [3.8, 4) is 5.75 Å². The Hall–Kier alpha value is -1.32. The molecule has 0 amide bonds. The molecule has 2 N–H and O–H groups in total. The van der Waals surface area contributed by atoms with Crippen LogP contribution in [-0.2, 0) is 0 Å². The van der Waals surface area contributed by atoms with Crippen molar-refractivity contribution in [3.05, 3.63) is 42.0 Å². The highest BCUT2D eigenvalue weighted by Crippen LogP contribution is 2.23. The third-order valence-electron chi connectivity index (χ3n) is 2.67. The van der Waals surface area contributed by atoms with E-state index in [2.05, 4.69) is 0 Å². The van der Waals surface area contributed by atoms with Crippen LogP contribution >= 0.6 is 12.4 Å². The van der Waals surface area contributed by atoms with Crippen LogP contribution in [0.3, 0.4) is 0 Å². The Kier molecular flexibility index (Phi) is 4.73. The van der Waals surface area contributed by atoms with Crippen molar-refractivity contribution in [1.29, 1.82) is 0 Å². The number of nitrogens with two attached hydrogens (primary N) is 1. The quantitative estimate of drug-likeness (QED) is 0.914. The summed E-state index contributed by atoms with van der Waals surface area (Å²) in [6.07, 6.45) is 0. The summed E-state index contributed by atoms with van der Waals surface area (Å²) in [6, 6.07) is 10.9. The van der Waals surface area contributed by atoms with Crippen LogP contribution < -0.4 is 10.5 Å². The van der Waals surface area contributed by atoms with Gasteiger partial charge in [0.05, 0.1) is 13.2 Å². The van der Waals surface area contributed by atoms with Gasteiger partial charge in [0.15, 0.2) is 0 Å². The SMILES string of the molecule is COc1ccc2cc([C@@H](N)CF)ccc2c1.Cl. The fourth-order valence-electron chi connectivity index (χ4n) is 1.69. The third-order valence-corrected chi connectivity index (χ3v) is 2.67. The van der Waals surface area contributed by atoms with E-state index in [0.29, 0.717) is 0 Å². The molecule has 4 heteroatoms. The lowest BCUT2D eigenvalue weighted by molar-refractivity contribution is 0.415. The summed E-state index contributed by atoms with van der Waals surface area (Å²) in [4.78, 5) is 0. The predicted molar refractivity (Wildman–Crippen MR) is 70.7 cm³/mol. The monoisotopic (exact) mass is 255 g/mol. The summed E-state index contributed by atoms with van der Waals surface area (Å²) in [5.74, 6) is 0.815. The average Bonchev–Trinajstić information content (AvgIpc) is 2.36. The van der Waals surface area contributed by atoms with Crippen LogP contribution in [0.1, 0.15) is 11.6 Å². The van der Waals surface area contributed by atoms with Crippen LogP contribution in [0.4, 0.5) is 4.39 Å². The minimum atomic E-state index is -0.540. The van der Waals surface area contributed by atoms with E-state index in [4.69, 9.17) is 10.5 Å². The molecule has 0 radical (unpaired) electrons. The van der Waals surface area contributed by atoms with E-state index in [0.717, 1.165) is 22.1 Å². The van der Waals surface area contributed by atoms with Crippen molar-refractivity contribution in [1.82, 2.24) is 0 Å². The lowest BCUT2D eigenvalue weighted by Crippen LogP contribution is -2.11. The van der Waals surface area contributed by atoms with Gasteiger partial charge in [-0.25, -0.2) is 4.39 Å². The molecular formula is C13H15ClFNO. The second-order valence-corrected chi connectivity index (χ2v) is 3.73. The fraction of sp³-hybridized carbons (Fsp3) is 0.231. The molecule has 0 aliphatic rings. The van der Waals surface area contributed by atoms with E-state index in [9.17, 15) is 4.39 Å². The lowest BCUT2D eigenvalue weighted by Gasteiger charge is -2.09. The summed E-state index contributed by atoms with van der Waals surface area (Å²) >= 11 is 0. The van der Waals surface area contributed by atoms with Crippen LogP contribution in [0.5, 0.6) is 5.75 Å². The molecule has 1 atom stereocenters. The van der Waals surface area contributed by atoms with Crippen LogP contribution in [0.25, 0.3) is 10.8 Å². The molecule has 0 bridgehead atoms. The molecule has 2 nitrogen and oxygen atoms in total. The van der Waals surface area contributed by atoms with Crippen molar-refractivity contribution in [2.75, 3.05) is 13.8 Å². The van der Waals surface area contributed by atoms with E-state index in [-0.39, 0.29) is 12.4 Å². The van der Waals surface area contributed by atoms with Gasteiger partial charge in [0.25, 0.3) is 0 Å². The molecule has 2 rings (SSSR count). The molecule has 0 aliphatic heterocycles. The van der Waals surface area contributed by atoms with Gasteiger partial charge in [0.2, 0.25) is 0 Å². The van der Waals surface area contributed by atoms with E-state index in [1.807, 2.05) is 36.4 Å². The maximum atomic E-state index is 12.4. The minimum Gasteiger partial charge on any atom is -0.497 e. The van der Waals surface area contributed by atoms with Gasteiger partial charge < -0.3 is 10.5 Å². The second-order valence-electron chi connectivity index (χ2n) is 3.73. The van der Waals surface area contributed by atoms with Gasteiger partial charge in [0, 0.05) is 0 Å². The van der Waals surface area contributed by atoms with Crippen LogP contribution in [0, 0.1) is 0 Å². The number of benzene rings is 2. The number of hydrogen-bond acceptors (Lipinski definition) is 2. The first-order valence-electron chi connectivity index (χ1n) is 5.14. The van der Waals surface area contributed by atoms with Crippen molar-refractivity contribution >= 4 is 23.2 Å². The van der Waals surface area contributed by atoms with E-state index in [1.165, 1.54) is 0 Å². The fourth-order valence-corrected chi connectivity index (χ4v) is 1.69. The zero-order valence-corrected chi connectivity index (χ0v) is 10.3. The van der Waals surface area contributed by atoms with Crippen LogP contribution in [0.2, 0.25) is 0 Å². The molecule has 0 saturated heterocycles. The van der Waals surface area contributed by atoms with Gasteiger partial charge in [-0.3, -0.25) is 0 Å².